The zero-order chi connectivity index (χ0) is 15.1. The van der Waals surface area contributed by atoms with Gasteiger partial charge in [0.1, 0.15) is 5.75 Å². The summed E-state index contributed by atoms with van der Waals surface area (Å²) in [5.74, 6) is 3.21. The van der Waals surface area contributed by atoms with E-state index in [9.17, 15) is 0 Å². The van der Waals surface area contributed by atoms with E-state index >= 15 is 0 Å². The number of rotatable bonds is 8. The molecule has 21 heavy (non-hydrogen) atoms. The zero-order valence-corrected chi connectivity index (χ0v) is 14.0. The fraction of sp³-hybridized carbons (Fsp3) is 0.444. The molecule has 1 N–H and O–H groups in total. The van der Waals surface area contributed by atoms with Gasteiger partial charge in [-0.25, -0.2) is 0 Å². The van der Waals surface area contributed by atoms with E-state index in [0.29, 0.717) is 6.04 Å². The Morgan fingerprint density at radius 1 is 1.14 bits per heavy atom. The Balaban J connectivity index is 2.32. The van der Waals surface area contributed by atoms with Gasteiger partial charge in [0.25, 0.3) is 0 Å². The lowest BCUT2D eigenvalue weighted by Gasteiger charge is -2.19. The van der Waals surface area contributed by atoms with Crippen LogP contribution in [0.15, 0.2) is 36.4 Å². The number of nitrogens with one attached hydrogen (secondary N) is 1. The summed E-state index contributed by atoms with van der Waals surface area (Å²) in [6, 6.07) is 13.1. The van der Waals surface area contributed by atoms with Crippen LogP contribution in [0.5, 0.6) is 5.75 Å². The molecule has 0 radical (unpaired) electrons. The minimum Gasteiger partial charge on any atom is -0.492 e. The van der Waals surface area contributed by atoms with Gasteiger partial charge in [0, 0.05) is 22.7 Å². The topological polar surface area (TPSA) is 21.3 Å². The molecule has 2 nitrogen and oxygen atoms in total. The maximum Gasteiger partial charge on any atom is 0.131 e. The fourth-order valence-electron chi connectivity index (χ4n) is 2.53. The van der Waals surface area contributed by atoms with Crippen molar-refractivity contribution in [3.05, 3.63) is 42.0 Å². The van der Waals surface area contributed by atoms with Crippen LogP contribution in [0, 0.1) is 0 Å². The highest BCUT2D eigenvalue weighted by Crippen LogP contribution is 2.33. The molecular weight excluding hydrogens is 278 g/mol. The van der Waals surface area contributed by atoms with Crippen molar-refractivity contribution in [3.63, 3.8) is 0 Å². The SMILES string of the molecule is CCNC(C)c1ccc2ccccc2c1OCCSCC. The van der Waals surface area contributed by atoms with E-state index in [4.69, 9.17) is 4.74 Å². The molecule has 0 heterocycles. The zero-order valence-electron chi connectivity index (χ0n) is 13.2. The second kappa shape index (κ2) is 8.30. The summed E-state index contributed by atoms with van der Waals surface area (Å²) in [5, 5.41) is 5.93. The lowest BCUT2D eigenvalue weighted by molar-refractivity contribution is 0.340. The first kappa shape index (κ1) is 16.2. The predicted molar refractivity (Wildman–Crippen MR) is 94.5 cm³/mol. The van der Waals surface area contributed by atoms with Crippen LogP contribution in [0.3, 0.4) is 0 Å². The minimum absolute atomic E-state index is 0.299. The first-order chi connectivity index (χ1) is 10.3. The summed E-state index contributed by atoms with van der Waals surface area (Å²) in [6.07, 6.45) is 0. The van der Waals surface area contributed by atoms with Crippen molar-refractivity contribution in [2.24, 2.45) is 0 Å². The van der Waals surface area contributed by atoms with E-state index in [1.54, 1.807) is 0 Å². The van der Waals surface area contributed by atoms with Crippen LogP contribution in [0.2, 0.25) is 0 Å². The molecule has 0 fully saturated rings. The van der Waals surface area contributed by atoms with Gasteiger partial charge in [-0.1, -0.05) is 50.2 Å². The van der Waals surface area contributed by atoms with Gasteiger partial charge in [-0.2, -0.15) is 11.8 Å². The number of fused-ring (bicyclic) bond motifs is 1. The first-order valence-corrected chi connectivity index (χ1v) is 8.89. The Labute approximate surface area is 132 Å². The maximum atomic E-state index is 6.16. The largest absolute Gasteiger partial charge is 0.492 e. The molecule has 0 amide bonds. The Hall–Kier alpha value is -1.19. The number of benzene rings is 2. The van der Waals surface area contributed by atoms with E-state index in [2.05, 4.69) is 62.5 Å². The smallest absolute Gasteiger partial charge is 0.131 e. The van der Waals surface area contributed by atoms with Gasteiger partial charge >= 0.3 is 0 Å². The summed E-state index contributed by atoms with van der Waals surface area (Å²) >= 11 is 1.92. The van der Waals surface area contributed by atoms with Crippen LogP contribution in [-0.2, 0) is 0 Å². The fourth-order valence-corrected chi connectivity index (χ4v) is 3.01. The maximum absolute atomic E-state index is 6.16. The molecule has 0 bridgehead atoms. The van der Waals surface area contributed by atoms with Crippen molar-refractivity contribution < 1.29 is 4.74 Å². The number of hydrogen-bond donors (Lipinski definition) is 1. The van der Waals surface area contributed by atoms with E-state index in [1.165, 1.54) is 16.3 Å². The van der Waals surface area contributed by atoms with Crippen LogP contribution in [0.4, 0.5) is 0 Å². The van der Waals surface area contributed by atoms with Crippen LogP contribution < -0.4 is 10.1 Å². The van der Waals surface area contributed by atoms with Gasteiger partial charge in [-0.3, -0.25) is 0 Å². The van der Waals surface area contributed by atoms with Crippen molar-refractivity contribution in [1.29, 1.82) is 0 Å². The lowest BCUT2D eigenvalue weighted by atomic mass is 10.0. The summed E-state index contributed by atoms with van der Waals surface area (Å²) in [4.78, 5) is 0. The van der Waals surface area contributed by atoms with Crippen LogP contribution in [0.1, 0.15) is 32.4 Å². The Morgan fingerprint density at radius 3 is 2.71 bits per heavy atom. The third-order valence-electron chi connectivity index (χ3n) is 3.57. The van der Waals surface area contributed by atoms with Crippen LogP contribution >= 0.6 is 11.8 Å². The Kier molecular flexibility index (Phi) is 6.40. The van der Waals surface area contributed by atoms with E-state index < -0.39 is 0 Å². The van der Waals surface area contributed by atoms with Crippen molar-refractivity contribution in [3.8, 4) is 5.75 Å². The quantitative estimate of drug-likeness (QED) is 0.718. The molecule has 3 heteroatoms. The van der Waals surface area contributed by atoms with Gasteiger partial charge in [0.05, 0.1) is 6.61 Å². The third kappa shape index (κ3) is 4.14. The highest BCUT2D eigenvalue weighted by Gasteiger charge is 2.14. The summed E-state index contributed by atoms with van der Waals surface area (Å²) < 4.78 is 6.16. The first-order valence-electron chi connectivity index (χ1n) is 7.73. The molecule has 114 valence electrons. The van der Waals surface area contributed by atoms with Crippen molar-refractivity contribution >= 4 is 22.5 Å². The summed E-state index contributed by atoms with van der Waals surface area (Å²) in [7, 11) is 0. The minimum atomic E-state index is 0.299. The lowest BCUT2D eigenvalue weighted by Crippen LogP contribution is -2.19. The molecular formula is C18H25NOS. The molecule has 0 spiro atoms. The molecule has 0 aliphatic carbocycles. The highest BCUT2D eigenvalue weighted by atomic mass is 32.2. The monoisotopic (exact) mass is 303 g/mol. The number of hydrogen-bond acceptors (Lipinski definition) is 3. The average Bonchev–Trinajstić information content (AvgIpc) is 2.51. The van der Waals surface area contributed by atoms with Crippen LogP contribution in [-0.4, -0.2) is 24.7 Å². The molecule has 0 saturated heterocycles. The molecule has 2 aromatic carbocycles. The summed E-state index contributed by atoms with van der Waals surface area (Å²) in [6.45, 7) is 8.23. The molecule has 0 saturated carbocycles. The van der Waals surface area contributed by atoms with Crippen molar-refractivity contribution in [2.75, 3.05) is 24.7 Å². The van der Waals surface area contributed by atoms with Crippen molar-refractivity contribution in [2.45, 2.75) is 26.8 Å². The molecule has 1 unspecified atom stereocenters. The molecule has 0 aliphatic rings. The number of ether oxygens (including phenoxy) is 1. The second-order valence-electron chi connectivity index (χ2n) is 5.03. The number of thioether (sulfide) groups is 1. The van der Waals surface area contributed by atoms with Crippen LogP contribution in [0.25, 0.3) is 10.8 Å². The predicted octanol–water partition coefficient (Wildman–Crippen LogP) is 4.64. The Bertz CT molecular complexity index is 570. The van der Waals surface area contributed by atoms with Gasteiger partial charge in [0.2, 0.25) is 0 Å². The van der Waals surface area contributed by atoms with Gasteiger partial charge < -0.3 is 10.1 Å². The molecule has 0 aliphatic heterocycles. The van der Waals surface area contributed by atoms with Gasteiger partial charge in [-0.05, 0) is 24.6 Å². The van der Waals surface area contributed by atoms with E-state index in [-0.39, 0.29) is 0 Å². The van der Waals surface area contributed by atoms with Gasteiger partial charge in [-0.15, -0.1) is 0 Å². The second-order valence-corrected chi connectivity index (χ2v) is 6.42. The molecule has 2 aromatic rings. The third-order valence-corrected chi connectivity index (χ3v) is 4.43. The van der Waals surface area contributed by atoms with Gasteiger partial charge in [0.15, 0.2) is 0 Å². The standard InChI is InChI=1S/C18H25NOS/c1-4-19-14(3)16-11-10-15-8-6-7-9-17(15)18(16)20-12-13-21-5-2/h6-11,14,19H,4-5,12-13H2,1-3H3. The normalized spacial score (nSPS) is 12.5. The van der Waals surface area contributed by atoms with E-state index in [0.717, 1.165) is 30.4 Å². The molecule has 1 atom stereocenters. The summed E-state index contributed by atoms with van der Waals surface area (Å²) in [5.41, 5.74) is 1.25. The van der Waals surface area contributed by atoms with E-state index in [1.807, 2.05) is 11.8 Å². The Morgan fingerprint density at radius 2 is 1.95 bits per heavy atom. The highest BCUT2D eigenvalue weighted by molar-refractivity contribution is 7.99. The molecule has 0 aromatic heterocycles. The molecule has 2 rings (SSSR count). The average molecular weight is 303 g/mol. The van der Waals surface area contributed by atoms with Crippen molar-refractivity contribution in [1.82, 2.24) is 5.32 Å².